The van der Waals surface area contributed by atoms with E-state index in [1.807, 2.05) is 6.07 Å². The molecule has 0 bridgehead atoms. The normalized spacial score (nSPS) is 9.89. The zero-order valence-electron chi connectivity index (χ0n) is 9.41. The van der Waals surface area contributed by atoms with Crippen molar-refractivity contribution in [3.63, 3.8) is 0 Å². The van der Waals surface area contributed by atoms with Gasteiger partial charge in [0.1, 0.15) is 11.6 Å². The Labute approximate surface area is 108 Å². The first kappa shape index (κ1) is 12.3. The van der Waals surface area contributed by atoms with Crippen molar-refractivity contribution in [2.75, 3.05) is 5.32 Å². The minimum atomic E-state index is -0.526. The maximum Gasteiger partial charge on any atom is 0.224 e. The van der Waals surface area contributed by atoms with E-state index in [1.165, 1.54) is 12.1 Å². The molecule has 0 saturated carbocycles. The first-order valence-corrected chi connectivity index (χ1v) is 5.44. The van der Waals surface area contributed by atoms with E-state index < -0.39 is 5.82 Å². The van der Waals surface area contributed by atoms with Crippen LogP contribution in [0.25, 0.3) is 0 Å². The van der Waals surface area contributed by atoms with Gasteiger partial charge in [-0.3, -0.25) is 0 Å². The molecule has 2 rings (SSSR count). The van der Waals surface area contributed by atoms with E-state index >= 15 is 0 Å². The Hall–Kier alpha value is -2.19. The van der Waals surface area contributed by atoms with Crippen LogP contribution in [0, 0.1) is 24.1 Å². The molecule has 1 aromatic carbocycles. The van der Waals surface area contributed by atoms with Crippen LogP contribution in [-0.4, -0.2) is 9.97 Å². The molecule has 0 fully saturated rings. The molecule has 18 heavy (non-hydrogen) atoms. The molecule has 0 atom stereocenters. The summed E-state index contributed by atoms with van der Waals surface area (Å²) < 4.78 is 13.6. The lowest BCUT2D eigenvalue weighted by Crippen LogP contribution is -1.99. The third kappa shape index (κ3) is 2.73. The number of nitrogens with one attached hydrogen (secondary N) is 1. The lowest BCUT2D eigenvalue weighted by Gasteiger charge is -2.07. The number of anilines is 2. The fraction of sp³-hybridized carbons (Fsp3) is 0.0833. The van der Waals surface area contributed by atoms with Crippen LogP contribution < -0.4 is 5.32 Å². The van der Waals surface area contributed by atoms with Crippen molar-refractivity contribution in [2.24, 2.45) is 0 Å². The number of rotatable bonds is 2. The third-order valence-corrected chi connectivity index (χ3v) is 2.36. The molecule has 0 amide bonds. The van der Waals surface area contributed by atoms with E-state index in [9.17, 15) is 4.39 Å². The molecule has 0 aliphatic rings. The highest BCUT2D eigenvalue weighted by Crippen LogP contribution is 2.20. The van der Waals surface area contributed by atoms with Gasteiger partial charge >= 0.3 is 0 Å². The summed E-state index contributed by atoms with van der Waals surface area (Å²) >= 11 is 5.70. The van der Waals surface area contributed by atoms with Gasteiger partial charge in [0.05, 0.1) is 17.3 Å². The van der Waals surface area contributed by atoms with Gasteiger partial charge in [-0.1, -0.05) is 0 Å². The van der Waals surface area contributed by atoms with Crippen LogP contribution in [0.5, 0.6) is 0 Å². The molecular weight excluding hydrogens is 255 g/mol. The SMILES string of the molecule is Cc1cc(Nc2ccc(C#N)cc2F)nc(Cl)n1. The maximum absolute atomic E-state index is 13.6. The van der Waals surface area contributed by atoms with Crippen LogP contribution in [0.3, 0.4) is 0 Å². The number of nitrogens with zero attached hydrogens (tertiary/aromatic N) is 3. The van der Waals surface area contributed by atoms with E-state index in [-0.39, 0.29) is 16.5 Å². The number of halogens is 2. The number of hydrogen-bond acceptors (Lipinski definition) is 4. The molecule has 90 valence electrons. The largest absolute Gasteiger partial charge is 0.338 e. The third-order valence-electron chi connectivity index (χ3n) is 2.19. The predicted molar refractivity (Wildman–Crippen MR) is 66.2 cm³/mol. The van der Waals surface area contributed by atoms with Crippen LogP contribution in [0.15, 0.2) is 24.3 Å². The predicted octanol–water partition coefficient (Wildman–Crippen LogP) is 3.19. The summed E-state index contributed by atoms with van der Waals surface area (Å²) in [6, 6.07) is 7.64. The smallest absolute Gasteiger partial charge is 0.224 e. The van der Waals surface area contributed by atoms with Crippen molar-refractivity contribution in [3.8, 4) is 6.07 Å². The molecule has 1 heterocycles. The fourth-order valence-corrected chi connectivity index (χ4v) is 1.64. The van der Waals surface area contributed by atoms with Crippen molar-refractivity contribution in [2.45, 2.75) is 6.92 Å². The van der Waals surface area contributed by atoms with Crippen molar-refractivity contribution in [1.29, 1.82) is 5.26 Å². The second-order valence-corrected chi connectivity index (χ2v) is 3.93. The number of nitriles is 1. The Morgan fingerprint density at radius 3 is 2.72 bits per heavy atom. The van der Waals surface area contributed by atoms with Gasteiger partial charge in [-0.15, -0.1) is 0 Å². The van der Waals surface area contributed by atoms with Crippen LogP contribution in [0.2, 0.25) is 5.28 Å². The highest BCUT2D eigenvalue weighted by molar-refractivity contribution is 6.28. The average molecular weight is 263 g/mol. The monoisotopic (exact) mass is 262 g/mol. The van der Waals surface area contributed by atoms with Gasteiger partial charge in [0.25, 0.3) is 0 Å². The first-order chi connectivity index (χ1) is 8.58. The topological polar surface area (TPSA) is 61.6 Å². The molecule has 0 aliphatic heterocycles. The molecule has 4 nitrogen and oxygen atoms in total. The minimum Gasteiger partial charge on any atom is -0.338 e. The molecule has 6 heteroatoms. The van der Waals surface area contributed by atoms with Crippen LogP contribution in [-0.2, 0) is 0 Å². The van der Waals surface area contributed by atoms with Crippen molar-refractivity contribution >= 4 is 23.1 Å². The van der Waals surface area contributed by atoms with Gasteiger partial charge in [-0.25, -0.2) is 14.4 Å². The van der Waals surface area contributed by atoms with Gasteiger partial charge in [0, 0.05) is 11.8 Å². The highest BCUT2D eigenvalue weighted by Gasteiger charge is 2.06. The summed E-state index contributed by atoms with van der Waals surface area (Å²) in [7, 11) is 0. The summed E-state index contributed by atoms with van der Waals surface area (Å²) in [5.41, 5.74) is 1.16. The molecular formula is C12H8ClFN4. The van der Waals surface area contributed by atoms with Gasteiger partial charge in [-0.05, 0) is 36.7 Å². The lowest BCUT2D eigenvalue weighted by molar-refractivity contribution is 0.631. The zero-order chi connectivity index (χ0) is 13.1. The van der Waals surface area contributed by atoms with Gasteiger partial charge in [-0.2, -0.15) is 5.26 Å². The Balaban J connectivity index is 2.31. The summed E-state index contributed by atoms with van der Waals surface area (Å²) in [5.74, 6) is -0.127. The summed E-state index contributed by atoms with van der Waals surface area (Å²) in [4.78, 5) is 7.83. The second kappa shape index (κ2) is 4.98. The van der Waals surface area contributed by atoms with Crippen LogP contribution >= 0.6 is 11.6 Å². The van der Waals surface area contributed by atoms with Crippen molar-refractivity contribution in [3.05, 3.63) is 46.6 Å². The van der Waals surface area contributed by atoms with Crippen molar-refractivity contribution < 1.29 is 4.39 Å². The zero-order valence-corrected chi connectivity index (χ0v) is 10.2. The molecule has 0 spiro atoms. The number of hydrogen-bond donors (Lipinski definition) is 1. The molecule has 1 N–H and O–H groups in total. The van der Waals surface area contributed by atoms with Crippen molar-refractivity contribution in [1.82, 2.24) is 9.97 Å². The quantitative estimate of drug-likeness (QED) is 0.845. The van der Waals surface area contributed by atoms with Gasteiger partial charge in [0.2, 0.25) is 5.28 Å². The highest BCUT2D eigenvalue weighted by atomic mass is 35.5. The van der Waals surface area contributed by atoms with Gasteiger partial charge < -0.3 is 5.32 Å². The van der Waals surface area contributed by atoms with Crippen LogP contribution in [0.4, 0.5) is 15.9 Å². The second-order valence-electron chi connectivity index (χ2n) is 3.60. The summed E-state index contributed by atoms with van der Waals surface area (Å²) in [6.45, 7) is 1.76. The number of aryl methyl sites for hydroxylation is 1. The first-order valence-electron chi connectivity index (χ1n) is 5.06. The Morgan fingerprint density at radius 2 is 2.11 bits per heavy atom. The van der Waals surface area contributed by atoms with E-state index in [0.29, 0.717) is 11.5 Å². The maximum atomic E-state index is 13.6. The standard InChI is InChI=1S/C12H8ClFN4/c1-7-4-11(18-12(13)16-7)17-10-3-2-8(6-15)5-9(10)14/h2-5H,1H3,(H,16,17,18). The Kier molecular flexibility index (Phi) is 3.40. The van der Waals surface area contributed by atoms with E-state index in [4.69, 9.17) is 16.9 Å². The number of aromatic nitrogens is 2. The molecule has 2 aromatic rings. The van der Waals surface area contributed by atoms with Crippen LogP contribution in [0.1, 0.15) is 11.3 Å². The Bertz CT molecular complexity index is 616. The van der Waals surface area contributed by atoms with Gasteiger partial charge in [0.15, 0.2) is 0 Å². The van der Waals surface area contributed by atoms with E-state index in [0.717, 1.165) is 6.07 Å². The average Bonchev–Trinajstić information content (AvgIpc) is 2.30. The fourth-order valence-electron chi connectivity index (χ4n) is 1.42. The molecule has 0 unspecified atom stereocenters. The summed E-state index contributed by atoms with van der Waals surface area (Å²) in [5, 5.41) is 11.5. The molecule has 0 aliphatic carbocycles. The Morgan fingerprint density at radius 1 is 1.33 bits per heavy atom. The van der Waals surface area contributed by atoms with E-state index in [1.54, 1.807) is 13.0 Å². The molecule has 0 saturated heterocycles. The summed E-state index contributed by atoms with van der Waals surface area (Å²) in [6.07, 6.45) is 0. The number of benzene rings is 1. The molecule has 1 aromatic heterocycles. The van der Waals surface area contributed by atoms with E-state index in [2.05, 4.69) is 15.3 Å². The molecule has 0 radical (unpaired) electrons. The minimum absolute atomic E-state index is 0.0894. The lowest BCUT2D eigenvalue weighted by atomic mass is 10.2.